The SMILES string of the molecule is N#Cc1c(-c2ccc(Cl)c(Cl)c2)ccc([N+](=O)[O-])c1N. The summed E-state index contributed by atoms with van der Waals surface area (Å²) in [7, 11) is 0. The number of nitro groups is 1. The van der Waals surface area contributed by atoms with Gasteiger partial charge in [0.15, 0.2) is 0 Å². The number of nitro benzene ring substituents is 1. The van der Waals surface area contributed by atoms with Crippen molar-refractivity contribution in [3.05, 3.63) is 56.1 Å². The molecule has 0 aliphatic rings. The Kier molecular flexibility index (Phi) is 3.79. The number of nitrogens with zero attached hydrogens (tertiary/aromatic N) is 2. The van der Waals surface area contributed by atoms with Crippen LogP contribution in [-0.4, -0.2) is 4.92 Å². The van der Waals surface area contributed by atoms with Gasteiger partial charge in [-0.25, -0.2) is 0 Å². The Labute approximate surface area is 124 Å². The molecule has 2 N–H and O–H groups in total. The molecule has 0 unspecified atom stereocenters. The van der Waals surface area contributed by atoms with Crippen LogP contribution in [0.5, 0.6) is 0 Å². The van der Waals surface area contributed by atoms with Gasteiger partial charge in [-0.15, -0.1) is 0 Å². The third-order valence-electron chi connectivity index (χ3n) is 2.76. The van der Waals surface area contributed by atoms with Gasteiger partial charge in [0.1, 0.15) is 11.8 Å². The fraction of sp³-hybridized carbons (Fsp3) is 0. The van der Waals surface area contributed by atoms with E-state index in [-0.39, 0.29) is 16.9 Å². The first-order valence-electron chi connectivity index (χ1n) is 5.38. The van der Waals surface area contributed by atoms with Gasteiger partial charge < -0.3 is 5.73 Å². The van der Waals surface area contributed by atoms with E-state index in [9.17, 15) is 15.4 Å². The molecule has 0 spiro atoms. The second-order valence-corrected chi connectivity index (χ2v) is 4.73. The normalized spacial score (nSPS) is 10.1. The molecule has 0 radical (unpaired) electrons. The zero-order valence-corrected chi connectivity index (χ0v) is 11.4. The van der Waals surface area contributed by atoms with Gasteiger partial charge in [0.25, 0.3) is 5.69 Å². The molecule has 100 valence electrons. The molecule has 2 rings (SSSR count). The van der Waals surface area contributed by atoms with Crippen molar-refractivity contribution in [1.29, 1.82) is 5.26 Å². The second kappa shape index (κ2) is 5.37. The quantitative estimate of drug-likeness (QED) is 0.515. The first-order valence-corrected chi connectivity index (χ1v) is 6.13. The molecule has 0 saturated carbocycles. The molecule has 0 aliphatic carbocycles. The monoisotopic (exact) mass is 307 g/mol. The van der Waals surface area contributed by atoms with Gasteiger partial charge in [0.05, 0.1) is 20.5 Å². The summed E-state index contributed by atoms with van der Waals surface area (Å²) in [6.45, 7) is 0. The Balaban J connectivity index is 2.69. The number of nitrogen functional groups attached to an aromatic ring is 1. The fourth-order valence-electron chi connectivity index (χ4n) is 1.79. The van der Waals surface area contributed by atoms with Crippen LogP contribution < -0.4 is 5.73 Å². The molecule has 0 aromatic heterocycles. The van der Waals surface area contributed by atoms with Crippen LogP contribution in [0.4, 0.5) is 11.4 Å². The summed E-state index contributed by atoms with van der Waals surface area (Å²) < 4.78 is 0. The van der Waals surface area contributed by atoms with Crippen molar-refractivity contribution in [3.63, 3.8) is 0 Å². The Bertz CT molecular complexity index is 754. The summed E-state index contributed by atoms with van der Waals surface area (Å²) in [4.78, 5) is 10.2. The predicted octanol–water partition coefficient (Wildman–Crippen LogP) is 4.02. The molecular weight excluding hydrogens is 301 g/mol. The first-order chi connectivity index (χ1) is 9.45. The van der Waals surface area contributed by atoms with E-state index >= 15 is 0 Å². The lowest BCUT2D eigenvalue weighted by Crippen LogP contribution is -2.00. The maximum Gasteiger partial charge on any atom is 0.293 e. The number of hydrogen-bond acceptors (Lipinski definition) is 4. The van der Waals surface area contributed by atoms with E-state index in [1.807, 2.05) is 6.07 Å². The summed E-state index contributed by atoms with van der Waals surface area (Å²) in [6.07, 6.45) is 0. The van der Waals surface area contributed by atoms with Crippen LogP contribution in [0.25, 0.3) is 11.1 Å². The van der Waals surface area contributed by atoms with Crippen molar-refractivity contribution in [2.24, 2.45) is 0 Å². The van der Waals surface area contributed by atoms with Gasteiger partial charge >= 0.3 is 0 Å². The van der Waals surface area contributed by atoms with Crippen LogP contribution in [0.2, 0.25) is 10.0 Å². The highest BCUT2D eigenvalue weighted by molar-refractivity contribution is 6.42. The topological polar surface area (TPSA) is 92.9 Å². The highest BCUT2D eigenvalue weighted by Crippen LogP contribution is 2.35. The molecule has 0 bridgehead atoms. The molecule has 2 aromatic rings. The number of rotatable bonds is 2. The Morgan fingerprint density at radius 1 is 1.20 bits per heavy atom. The first kappa shape index (κ1) is 14.1. The van der Waals surface area contributed by atoms with Crippen LogP contribution >= 0.6 is 23.2 Å². The molecule has 0 amide bonds. The van der Waals surface area contributed by atoms with E-state index in [0.717, 1.165) is 0 Å². The van der Waals surface area contributed by atoms with Crippen LogP contribution in [0.1, 0.15) is 5.56 Å². The summed E-state index contributed by atoms with van der Waals surface area (Å²) in [5.74, 6) is 0. The molecule has 20 heavy (non-hydrogen) atoms. The van der Waals surface area contributed by atoms with Crippen molar-refractivity contribution in [3.8, 4) is 17.2 Å². The summed E-state index contributed by atoms with van der Waals surface area (Å²) in [5, 5.41) is 20.7. The maximum atomic E-state index is 10.8. The number of benzene rings is 2. The third kappa shape index (κ3) is 2.39. The minimum absolute atomic E-state index is 0.0394. The Morgan fingerprint density at radius 2 is 1.90 bits per heavy atom. The van der Waals surface area contributed by atoms with Crippen LogP contribution in [0.3, 0.4) is 0 Å². The van der Waals surface area contributed by atoms with Crippen molar-refractivity contribution >= 4 is 34.6 Å². The van der Waals surface area contributed by atoms with E-state index in [2.05, 4.69) is 0 Å². The lowest BCUT2D eigenvalue weighted by molar-refractivity contribution is -0.383. The lowest BCUT2D eigenvalue weighted by atomic mass is 9.98. The largest absolute Gasteiger partial charge is 0.392 e. The average molecular weight is 308 g/mol. The van der Waals surface area contributed by atoms with E-state index in [0.29, 0.717) is 21.2 Å². The van der Waals surface area contributed by atoms with Gasteiger partial charge in [-0.2, -0.15) is 5.26 Å². The average Bonchev–Trinajstić information content (AvgIpc) is 2.41. The van der Waals surface area contributed by atoms with E-state index in [4.69, 9.17) is 28.9 Å². The van der Waals surface area contributed by atoms with E-state index in [1.165, 1.54) is 12.1 Å². The molecule has 2 aromatic carbocycles. The maximum absolute atomic E-state index is 10.8. The van der Waals surface area contributed by atoms with Gasteiger partial charge in [-0.05, 0) is 23.8 Å². The van der Waals surface area contributed by atoms with Crippen molar-refractivity contribution < 1.29 is 4.92 Å². The fourth-order valence-corrected chi connectivity index (χ4v) is 2.09. The molecule has 0 saturated heterocycles. The molecule has 0 fully saturated rings. The number of hydrogen-bond donors (Lipinski definition) is 1. The van der Waals surface area contributed by atoms with Crippen molar-refractivity contribution in [2.45, 2.75) is 0 Å². The van der Waals surface area contributed by atoms with Gasteiger partial charge in [0.2, 0.25) is 0 Å². The third-order valence-corrected chi connectivity index (χ3v) is 3.50. The number of nitriles is 1. The molecule has 0 atom stereocenters. The Morgan fingerprint density at radius 3 is 2.45 bits per heavy atom. The predicted molar refractivity (Wildman–Crippen MR) is 77.7 cm³/mol. The highest BCUT2D eigenvalue weighted by Gasteiger charge is 2.19. The minimum atomic E-state index is -0.630. The zero-order valence-electron chi connectivity index (χ0n) is 9.93. The van der Waals surface area contributed by atoms with Crippen LogP contribution in [0.15, 0.2) is 30.3 Å². The number of nitrogens with two attached hydrogens (primary N) is 1. The van der Waals surface area contributed by atoms with Gasteiger partial charge in [-0.3, -0.25) is 10.1 Å². The van der Waals surface area contributed by atoms with E-state index < -0.39 is 4.92 Å². The Hall–Kier alpha value is -2.29. The zero-order chi connectivity index (χ0) is 14.9. The number of halogens is 2. The van der Waals surface area contributed by atoms with Gasteiger partial charge in [-0.1, -0.05) is 29.3 Å². The molecule has 0 aliphatic heterocycles. The lowest BCUT2D eigenvalue weighted by Gasteiger charge is -2.08. The number of anilines is 1. The van der Waals surface area contributed by atoms with Crippen LogP contribution in [0, 0.1) is 21.4 Å². The minimum Gasteiger partial charge on any atom is -0.392 e. The second-order valence-electron chi connectivity index (χ2n) is 3.92. The van der Waals surface area contributed by atoms with Crippen molar-refractivity contribution in [1.82, 2.24) is 0 Å². The standard InChI is InChI=1S/C13H7Cl2N3O2/c14-10-3-1-7(5-11(10)15)8-2-4-12(18(19)20)13(17)9(8)6-16/h1-5H,17H2. The highest BCUT2D eigenvalue weighted by atomic mass is 35.5. The smallest absolute Gasteiger partial charge is 0.293 e. The molecular formula is C13H7Cl2N3O2. The summed E-state index contributed by atoms with van der Waals surface area (Å²) >= 11 is 11.8. The van der Waals surface area contributed by atoms with Crippen LogP contribution in [-0.2, 0) is 0 Å². The molecule has 0 heterocycles. The van der Waals surface area contributed by atoms with E-state index in [1.54, 1.807) is 18.2 Å². The molecule has 5 nitrogen and oxygen atoms in total. The van der Waals surface area contributed by atoms with Gasteiger partial charge in [0, 0.05) is 11.6 Å². The summed E-state index contributed by atoms with van der Waals surface area (Å²) in [5.41, 5.74) is 6.33. The molecule has 7 heteroatoms. The summed E-state index contributed by atoms with van der Waals surface area (Å²) in [6, 6.07) is 9.43. The van der Waals surface area contributed by atoms with Crippen molar-refractivity contribution in [2.75, 3.05) is 5.73 Å².